The molecule has 0 unspecified atom stereocenters. The number of nitrogens with one attached hydrogen (secondary N) is 2. The maximum atomic E-state index is 14.0. The van der Waals surface area contributed by atoms with Crippen LogP contribution in [0.2, 0.25) is 0 Å². The zero-order chi connectivity index (χ0) is 14.4. The summed E-state index contributed by atoms with van der Waals surface area (Å²) < 4.78 is 14.2. The Hall–Kier alpha value is -1.21. The van der Waals surface area contributed by atoms with Gasteiger partial charge in [-0.25, -0.2) is 4.39 Å². The van der Waals surface area contributed by atoms with E-state index in [9.17, 15) is 9.18 Å². The van der Waals surface area contributed by atoms with Crippen molar-refractivity contribution < 1.29 is 9.18 Å². The zero-order valence-electron chi connectivity index (χ0n) is 10.4. The monoisotopic (exact) mass is 347 g/mol. The molecule has 0 aliphatic rings. The number of amides is 1. The van der Waals surface area contributed by atoms with E-state index >= 15 is 0 Å². The van der Waals surface area contributed by atoms with Crippen molar-refractivity contribution in [3.63, 3.8) is 0 Å². The molecule has 0 saturated heterocycles. The van der Waals surface area contributed by atoms with E-state index < -0.39 is 5.82 Å². The summed E-state index contributed by atoms with van der Waals surface area (Å²) in [5.41, 5.74) is 6.11. The van der Waals surface area contributed by atoms with Crippen molar-refractivity contribution >= 4 is 44.7 Å². The Morgan fingerprint density at radius 1 is 1.53 bits per heavy atom. The van der Waals surface area contributed by atoms with Crippen LogP contribution in [0.5, 0.6) is 0 Å². The Kier molecular flexibility index (Phi) is 6.17. The molecule has 0 fully saturated rings. The van der Waals surface area contributed by atoms with E-state index in [-0.39, 0.29) is 27.6 Å². The van der Waals surface area contributed by atoms with Crippen LogP contribution in [0, 0.1) is 5.82 Å². The maximum absolute atomic E-state index is 14.0. The Labute approximate surface area is 125 Å². The molecule has 0 aliphatic heterocycles. The second-order valence-corrected chi connectivity index (χ2v) is 5.09. The van der Waals surface area contributed by atoms with Gasteiger partial charge in [0.1, 0.15) is 4.99 Å². The lowest BCUT2D eigenvalue weighted by molar-refractivity contribution is -0.119. The standard InChI is InChI=1S/C12H15BrFN3OS/c1-2-5-16-9(18)6-17-8-4-3-7(12(15)19)10(13)11(8)14/h3-4,17H,2,5-6H2,1H3,(H2,15,19)(H,16,18). The molecule has 7 heteroatoms. The highest BCUT2D eigenvalue weighted by atomic mass is 79.9. The van der Waals surface area contributed by atoms with E-state index in [1.54, 1.807) is 6.07 Å². The lowest BCUT2D eigenvalue weighted by Crippen LogP contribution is -2.30. The van der Waals surface area contributed by atoms with E-state index in [1.165, 1.54) is 6.07 Å². The third-order valence-corrected chi connectivity index (χ3v) is 3.35. The van der Waals surface area contributed by atoms with E-state index in [2.05, 4.69) is 26.6 Å². The van der Waals surface area contributed by atoms with Crippen molar-refractivity contribution in [1.82, 2.24) is 5.32 Å². The highest BCUT2D eigenvalue weighted by molar-refractivity contribution is 9.10. The van der Waals surface area contributed by atoms with Crippen LogP contribution in [-0.4, -0.2) is 24.0 Å². The number of nitrogens with two attached hydrogens (primary N) is 1. The van der Waals surface area contributed by atoms with Crippen molar-refractivity contribution in [1.29, 1.82) is 0 Å². The summed E-state index contributed by atoms with van der Waals surface area (Å²) in [7, 11) is 0. The first-order valence-electron chi connectivity index (χ1n) is 5.75. The largest absolute Gasteiger partial charge is 0.389 e. The summed E-state index contributed by atoms with van der Waals surface area (Å²) in [5, 5.41) is 5.42. The molecule has 0 heterocycles. The number of rotatable bonds is 6. The van der Waals surface area contributed by atoms with Gasteiger partial charge in [-0.15, -0.1) is 0 Å². The van der Waals surface area contributed by atoms with Crippen molar-refractivity contribution in [2.24, 2.45) is 5.73 Å². The number of carbonyl (C=O) groups is 1. The van der Waals surface area contributed by atoms with Crippen LogP contribution >= 0.6 is 28.1 Å². The molecule has 1 aromatic carbocycles. The first-order valence-corrected chi connectivity index (χ1v) is 6.95. The molecule has 0 saturated carbocycles. The summed E-state index contributed by atoms with van der Waals surface area (Å²) in [4.78, 5) is 11.5. The third kappa shape index (κ3) is 4.43. The van der Waals surface area contributed by atoms with E-state index in [0.29, 0.717) is 12.1 Å². The molecule has 0 aromatic heterocycles. The van der Waals surface area contributed by atoms with Gasteiger partial charge in [-0.2, -0.15) is 0 Å². The molecule has 0 bridgehead atoms. The fourth-order valence-electron chi connectivity index (χ4n) is 1.38. The topological polar surface area (TPSA) is 67.2 Å². The molecule has 0 spiro atoms. The minimum atomic E-state index is -0.520. The number of halogens is 2. The van der Waals surface area contributed by atoms with Gasteiger partial charge in [0.2, 0.25) is 5.91 Å². The minimum absolute atomic E-state index is 0.00970. The van der Waals surface area contributed by atoms with Crippen LogP contribution in [0.15, 0.2) is 16.6 Å². The number of hydrogen-bond acceptors (Lipinski definition) is 3. The van der Waals surface area contributed by atoms with Gasteiger partial charge in [-0.3, -0.25) is 4.79 Å². The average molecular weight is 348 g/mol. The Bertz CT molecular complexity index is 496. The lowest BCUT2D eigenvalue weighted by Gasteiger charge is -2.11. The molecule has 1 rings (SSSR count). The van der Waals surface area contributed by atoms with Crippen LogP contribution in [0.1, 0.15) is 18.9 Å². The van der Waals surface area contributed by atoms with Gasteiger partial charge < -0.3 is 16.4 Å². The van der Waals surface area contributed by atoms with Crippen LogP contribution in [0.4, 0.5) is 10.1 Å². The van der Waals surface area contributed by atoms with Crippen molar-refractivity contribution in [3.05, 3.63) is 28.0 Å². The number of carbonyl (C=O) groups excluding carboxylic acids is 1. The highest BCUT2D eigenvalue weighted by Gasteiger charge is 2.13. The first kappa shape index (κ1) is 15.8. The van der Waals surface area contributed by atoms with Gasteiger partial charge >= 0.3 is 0 Å². The van der Waals surface area contributed by atoms with Crippen LogP contribution < -0.4 is 16.4 Å². The van der Waals surface area contributed by atoms with E-state index in [4.69, 9.17) is 18.0 Å². The van der Waals surface area contributed by atoms with Gasteiger partial charge in [-0.1, -0.05) is 19.1 Å². The zero-order valence-corrected chi connectivity index (χ0v) is 12.8. The smallest absolute Gasteiger partial charge is 0.239 e. The number of anilines is 1. The highest BCUT2D eigenvalue weighted by Crippen LogP contribution is 2.26. The van der Waals surface area contributed by atoms with Gasteiger partial charge in [0.05, 0.1) is 16.7 Å². The summed E-state index contributed by atoms with van der Waals surface area (Å²) in [6.07, 6.45) is 0.855. The van der Waals surface area contributed by atoms with Crippen LogP contribution in [-0.2, 0) is 4.79 Å². The molecular formula is C12H15BrFN3OS. The Morgan fingerprint density at radius 3 is 2.79 bits per heavy atom. The van der Waals surface area contributed by atoms with Crippen LogP contribution in [0.3, 0.4) is 0 Å². The number of benzene rings is 1. The number of hydrogen-bond donors (Lipinski definition) is 3. The van der Waals surface area contributed by atoms with Crippen molar-refractivity contribution in [2.45, 2.75) is 13.3 Å². The van der Waals surface area contributed by atoms with E-state index in [0.717, 1.165) is 6.42 Å². The predicted molar refractivity (Wildman–Crippen MR) is 81.8 cm³/mol. The summed E-state index contributed by atoms with van der Waals surface area (Å²) in [5.74, 6) is -0.704. The van der Waals surface area contributed by atoms with Crippen LogP contribution in [0.25, 0.3) is 0 Å². The molecule has 4 nitrogen and oxygen atoms in total. The van der Waals surface area contributed by atoms with Gasteiger partial charge in [0.25, 0.3) is 0 Å². The third-order valence-electron chi connectivity index (χ3n) is 2.36. The summed E-state index contributed by atoms with van der Waals surface area (Å²) in [6.45, 7) is 2.57. The molecule has 104 valence electrons. The van der Waals surface area contributed by atoms with Gasteiger partial charge in [0.15, 0.2) is 5.82 Å². The van der Waals surface area contributed by atoms with E-state index in [1.807, 2.05) is 6.92 Å². The molecule has 0 atom stereocenters. The second kappa shape index (κ2) is 7.40. The first-order chi connectivity index (χ1) is 8.97. The summed E-state index contributed by atoms with van der Waals surface area (Å²) >= 11 is 7.90. The Morgan fingerprint density at radius 2 is 2.21 bits per heavy atom. The normalized spacial score (nSPS) is 10.1. The van der Waals surface area contributed by atoms with Crippen molar-refractivity contribution in [2.75, 3.05) is 18.4 Å². The molecule has 1 aromatic rings. The number of thiocarbonyl (C=S) groups is 1. The fourth-order valence-corrected chi connectivity index (χ4v) is 2.24. The Balaban J connectivity index is 2.73. The molecule has 0 aliphatic carbocycles. The molecular weight excluding hydrogens is 333 g/mol. The lowest BCUT2D eigenvalue weighted by atomic mass is 10.2. The fraction of sp³-hybridized carbons (Fsp3) is 0.333. The second-order valence-electron chi connectivity index (χ2n) is 3.86. The SMILES string of the molecule is CCCNC(=O)CNc1ccc(C(N)=S)c(Br)c1F. The molecule has 0 radical (unpaired) electrons. The average Bonchev–Trinajstić information content (AvgIpc) is 2.37. The van der Waals surface area contributed by atoms with Gasteiger partial charge in [0, 0.05) is 12.1 Å². The van der Waals surface area contributed by atoms with Gasteiger partial charge in [-0.05, 0) is 34.5 Å². The summed E-state index contributed by atoms with van der Waals surface area (Å²) in [6, 6.07) is 3.10. The van der Waals surface area contributed by atoms with Crippen molar-refractivity contribution in [3.8, 4) is 0 Å². The molecule has 4 N–H and O–H groups in total. The quantitative estimate of drug-likeness (QED) is 0.690. The molecule has 19 heavy (non-hydrogen) atoms. The predicted octanol–water partition coefficient (Wildman–Crippen LogP) is 2.16. The maximum Gasteiger partial charge on any atom is 0.239 e. The minimum Gasteiger partial charge on any atom is -0.389 e. The molecule has 1 amide bonds.